The van der Waals surface area contributed by atoms with Gasteiger partial charge in [0, 0.05) is 11.5 Å². The van der Waals surface area contributed by atoms with Crippen LogP contribution in [0, 0.1) is 17.8 Å². The Kier molecular flexibility index (Phi) is 8.19. The molecule has 6 atom stereocenters. The fourth-order valence-electron chi connectivity index (χ4n) is 7.46. The van der Waals surface area contributed by atoms with E-state index in [0.29, 0.717) is 4.90 Å². The topological polar surface area (TPSA) is 104 Å². The Morgan fingerprint density at radius 1 is 0.958 bits per heavy atom. The summed E-state index contributed by atoms with van der Waals surface area (Å²) < 4.78 is 87.7. The van der Waals surface area contributed by atoms with Crippen LogP contribution in [0.2, 0.25) is 0 Å². The fourth-order valence-corrected chi connectivity index (χ4v) is 8.88. The quantitative estimate of drug-likeness (QED) is 0.119. The first-order chi connectivity index (χ1) is 22.3. The highest BCUT2D eigenvalue weighted by molar-refractivity contribution is 9.09. The molecule has 1 N–H and O–H groups in total. The number of hydrogen-bond acceptors (Lipinski definition) is 6. The lowest BCUT2D eigenvalue weighted by molar-refractivity contribution is -0.143. The van der Waals surface area contributed by atoms with E-state index in [4.69, 9.17) is 27.9 Å². The number of nitrogens with zero attached hydrogens (tertiary/aromatic N) is 2. The lowest BCUT2D eigenvalue weighted by atomic mass is 9.56. The van der Waals surface area contributed by atoms with Gasteiger partial charge in [-0.25, -0.2) is 4.90 Å². The molecule has 8 nitrogen and oxygen atoms in total. The van der Waals surface area contributed by atoms with Gasteiger partial charge in [-0.3, -0.25) is 24.1 Å². The van der Waals surface area contributed by atoms with Crippen molar-refractivity contribution in [2.75, 3.05) is 17.0 Å². The summed E-state index contributed by atoms with van der Waals surface area (Å²) in [5.74, 6) is -9.67. The van der Waals surface area contributed by atoms with Crippen molar-refractivity contribution in [2.24, 2.45) is 17.8 Å². The summed E-state index contributed by atoms with van der Waals surface area (Å²) >= 11 is 17.3. The van der Waals surface area contributed by atoms with Crippen molar-refractivity contribution in [3.05, 3.63) is 64.7 Å². The van der Waals surface area contributed by atoms with Crippen LogP contribution in [0.4, 0.5) is 32.0 Å². The molecule has 0 radical (unpaired) electrons. The van der Waals surface area contributed by atoms with E-state index in [9.17, 15) is 50.6 Å². The summed E-state index contributed by atoms with van der Waals surface area (Å²) in [6.45, 7) is 1.79. The van der Waals surface area contributed by atoms with Gasteiger partial charge in [0.2, 0.25) is 11.8 Å². The first kappa shape index (κ1) is 34.6. The highest BCUT2D eigenvalue weighted by Gasteiger charge is 2.76. The number of allylic oxidation sites excluding steroid dienone is 2. The summed E-state index contributed by atoms with van der Waals surface area (Å²) in [6, 6.07) is 4.81. The third-order valence-corrected chi connectivity index (χ3v) is 11.4. The van der Waals surface area contributed by atoms with Gasteiger partial charge in [-0.2, -0.15) is 26.3 Å². The molecule has 2 aliphatic heterocycles. The number of carbonyl (C=O) groups excluding carboxylic acids is 4. The second-order valence-electron chi connectivity index (χ2n) is 11.9. The van der Waals surface area contributed by atoms with E-state index in [1.165, 1.54) is 24.3 Å². The monoisotopic (exact) mass is 782 g/mol. The number of fused-ring (bicyclic) bond motifs is 4. The molecule has 2 aromatic carbocycles. The standard InChI is InChI=1S/C31H23BrCl2F6N2O6/c1-2-48-20-5-3-4-18(23(20)43)22-16-6-7-17-21(19(16)11-28(33)26(46)41(12-32)27(47)29(22,28)34)25(45)42(24(17)44)15-9-13(30(35,36)37)8-14(10-15)31(38,39)40/h3-6,8-10,17,19,21-22,43H,2,7,11-12H2,1H3/t17-,19+,21-,22+,28+,29-/m0/s1. The molecule has 2 heterocycles. The number of carbonyl (C=O) groups is 4. The Morgan fingerprint density at radius 2 is 1.58 bits per heavy atom. The van der Waals surface area contributed by atoms with Crippen molar-refractivity contribution in [1.82, 2.24) is 4.90 Å². The molecule has 2 aromatic rings. The van der Waals surface area contributed by atoms with Crippen LogP contribution >= 0.6 is 39.1 Å². The molecular weight excluding hydrogens is 761 g/mol. The fraction of sp³-hybridized carbons (Fsp3) is 0.419. The second-order valence-corrected chi connectivity index (χ2v) is 13.6. The summed E-state index contributed by atoms with van der Waals surface area (Å²) in [6.07, 6.45) is -9.71. The molecule has 3 fully saturated rings. The third-order valence-electron chi connectivity index (χ3n) is 9.49. The Bertz CT molecular complexity index is 1770. The minimum atomic E-state index is -5.25. The Balaban J connectivity index is 1.52. The molecule has 0 spiro atoms. The maximum absolute atomic E-state index is 14.1. The van der Waals surface area contributed by atoms with Crippen LogP contribution < -0.4 is 9.64 Å². The van der Waals surface area contributed by atoms with E-state index >= 15 is 0 Å². The van der Waals surface area contributed by atoms with Gasteiger partial charge in [0.05, 0.1) is 40.7 Å². The SMILES string of the molecule is CCOc1cccc([C@H]2C3=CC[C@@H]4C(=O)N(c5cc(C(F)(F)F)cc(C(F)(F)F)c5)C(=O)[C@@H]4[C@@H]3C[C@@]3(Cl)C(=O)N(CBr)C(=O)[C@@]23Cl)c1O. The van der Waals surface area contributed by atoms with E-state index in [2.05, 4.69) is 15.9 Å². The van der Waals surface area contributed by atoms with Crippen molar-refractivity contribution < 1.29 is 55.4 Å². The average Bonchev–Trinajstić information content (AvgIpc) is 3.35. The zero-order valence-electron chi connectivity index (χ0n) is 24.5. The van der Waals surface area contributed by atoms with Crippen molar-refractivity contribution in [2.45, 2.75) is 47.8 Å². The maximum Gasteiger partial charge on any atom is 0.416 e. The van der Waals surface area contributed by atoms with Crippen LogP contribution in [0.3, 0.4) is 0 Å². The normalized spacial score (nSPS) is 30.3. The van der Waals surface area contributed by atoms with Crippen molar-refractivity contribution in [3.8, 4) is 11.5 Å². The van der Waals surface area contributed by atoms with Crippen molar-refractivity contribution in [3.63, 3.8) is 0 Å². The number of likely N-dealkylation sites (tertiary alicyclic amines) is 1. The Labute approximate surface area is 286 Å². The molecule has 0 aromatic heterocycles. The summed E-state index contributed by atoms with van der Waals surface area (Å²) in [5, 5.41) is 11.3. The van der Waals surface area contributed by atoms with Crippen LogP contribution in [0.5, 0.6) is 11.5 Å². The number of hydrogen-bond donors (Lipinski definition) is 1. The van der Waals surface area contributed by atoms with Crippen LogP contribution in [0.25, 0.3) is 0 Å². The van der Waals surface area contributed by atoms with E-state index in [-0.39, 0.29) is 53.6 Å². The lowest BCUT2D eigenvalue weighted by Gasteiger charge is -2.50. The summed E-state index contributed by atoms with van der Waals surface area (Å²) in [4.78, 5) is 52.0. The predicted octanol–water partition coefficient (Wildman–Crippen LogP) is 6.74. The maximum atomic E-state index is 14.1. The van der Waals surface area contributed by atoms with Gasteiger partial charge in [-0.15, -0.1) is 23.2 Å². The zero-order valence-corrected chi connectivity index (χ0v) is 27.6. The minimum Gasteiger partial charge on any atom is -0.504 e. The van der Waals surface area contributed by atoms with Gasteiger partial charge in [0.25, 0.3) is 11.8 Å². The van der Waals surface area contributed by atoms with E-state index in [1.54, 1.807) is 6.92 Å². The minimum absolute atomic E-state index is 0.00396. The molecule has 256 valence electrons. The molecule has 4 amide bonds. The molecule has 0 bridgehead atoms. The second kappa shape index (κ2) is 11.4. The molecular formula is C31H23BrCl2F6N2O6. The van der Waals surface area contributed by atoms with E-state index in [0.717, 1.165) is 4.90 Å². The van der Waals surface area contributed by atoms with Gasteiger partial charge in [-0.1, -0.05) is 39.7 Å². The molecule has 2 aliphatic carbocycles. The average molecular weight is 784 g/mol. The van der Waals surface area contributed by atoms with Crippen molar-refractivity contribution in [1.29, 1.82) is 0 Å². The van der Waals surface area contributed by atoms with E-state index in [1.807, 2.05) is 0 Å². The van der Waals surface area contributed by atoms with Gasteiger partial charge < -0.3 is 9.84 Å². The summed E-state index contributed by atoms with van der Waals surface area (Å²) in [7, 11) is 0. The lowest BCUT2D eigenvalue weighted by Crippen LogP contribution is -2.60. The van der Waals surface area contributed by atoms with Crippen molar-refractivity contribution >= 4 is 68.4 Å². The molecule has 2 saturated heterocycles. The number of amides is 4. The predicted molar refractivity (Wildman–Crippen MR) is 162 cm³/mol. The largest absolute Gasteiger partial charge is 0.504 e. The van der Waals surface area contributed by atoms with Gasteiger partial charge in [0.15, 0.2) is 21.2 Å². The first-order valence-corrected chi connectivity index (χ1v) is 16.3. The van der Waals surface area contributed by atoms with Gasteiger partial charge >= 0.3 is 12.4 Å². The third kappa shape index (κ3) is 4.77. The van der Waals surface area contributed by atoms with Gasteiger partial charge in [0.1, 0.15) is 0 Å². The number of benzene rings is 2. The number of phenols is 1. The molecule has 0 unspecified atom stereocenters. The smallest absolute Gasteiger partial charge is 0.416 e. The number of halogens is 9. The van der Waals surface area contributed by atoms with Crippen LogP contribution in [-0.2, 0) is 31.5 Å². The zero-order chi connectivity index (χ0) is 35.3. The molecule has 48 heavy (non-hydrogen) atoms. The number of imide groups is 2. The highest BCUT2D eigenvalue weighted by Crippen LogP contribution is 2.66. The molecule has 4 aliphatic rings. The number of para-hydroxylation sites is 1. The number of aromatic hydroxyl groups is 1. The first-order valence-electron chi connectivity index (χ1n) is 14.4. The number of ether oxygens (including phenoxy) is 1. The van der Waals surface area contributed by atoms with Crippen LogP contribution in [-0.4, -0.2) is 55.4 Å². The van der Waals surface area contributed by atoms with E-state index < -0.39 is 98.4 Å². The number of anilines is 1. The number of phenolic OH excluding ortho intramolecular Hbond substituents is 1. The molecule has 6 rings (SSSR count). The van der Waals surface area contributed by atoms with Gasteiger partial charge in [-0.05, 0) is 49.9 Å². The number of rotatable bonds is 5. The number of alkyl halides is 9. The Morgan fingerprint density at radius 3 is 2.15 bits per heavy atom. The molecule has 1 saturated carbocycles. The molecule has 17 heteroatoms. The summed E-state index contributed by atoms with van der Waals surface area (Å²) in [5.41, 5.74) is -4.44. The Hall–Kier alpha value is -3.30. The highest BCUT2D eigenvalue weighted by atomic mass is 79.9. The van der Waals surface area contributed by atoms with Crippen LogP contribution in [0.1, 0.15) is 42.4 Å². The van der Waals surface area contributed by atoms with Crippen LogP contribution in [0.15, 0.2) is 48.0 Å².